The van der Waals surface area contributed by atoms with Crippen molar-refractivity contribution >= 4 is 10.1 Å². The molecule has 0 spiro atoms. The molecule has 0 unspecified atom stereocenters. The molecule has 1 saturated carbocycles. The maximum Gasteiger partial charge on any atom is 0.264 e. The van der Waals surface area contributed by atoms with Crippen LogP contribution in [0.25, 0.3) is 0 Å². The third-order valence-corrected chi connectivity index (χ3v) is 2.93. The van der Waals surface area contributed by atoms with Crippen molar-refractivity contribution in [3.8, 4) is 0 Å². The summed E-state index contributed by atoms with van der Waals surface area (Å²) in [6.07, 6.45) is 5.30. The highest BCUT2D eigenvalue weighted by Gasteiger charge is 2.24. The van der Waals surface area contributed by atoms with E-state index in [1.165, 1.54) is 6.42 Å². The molecule has 0 amide bonds. The normalized spacial score (nSPS) is 31.8. The summed E-state index contributed by atoms with van der Waals surface area (Å²) in [6.45, 7) is 2.05. The van der Waals surface area contributed by atoms with Crippen molar-refractivity contribution in [3.05, 3.63) is 0 Å². The van der Waals surface area contributed by atoms with Gasteiger partial charge >= 0.3 is 0 Å². The fraction of sp³-hybridized carbons (Fsp3) is 1.00. The lowest BCUT2D eigenvalue weighted by molar-refractivity contribution is 0.110. The van der Waals surface area contributed by atoms with Crippen LogP contribution < -0.4 is 0 Å². The van der Waals surface area contributed by atoms with Gasteiger partial charge in [-0.15, -0.1) is 0 Å². The second kappa shape index (κ2) is 3.75. The molecule has 0 saturated heterocycles. The van der Waals surface area contributed by atoms with E-state index < -0.39 is 10.1 Å². The SMILES string of the molecule is C[C@@H]1CCCC[C@@H]1OS(C)(=O)=O. The van der Waals surface area contributed by atoms with Gasteiger partial charge in [0.1, 0.15) is 0 Å². The average molecular weight is 192 g/mol. The van der Waals surface area contributed by atoms with Crippen LogP contribution in [0.2, 0.25) is 0 Å². The predicted octanol–water partition coefficient (Wildman–Crippen LogP) is 1.54. The van der Waals surface area contributed by atoms with Crippen molar-refractivity contribution in [2.24, 2.45) is 5.92 Å². The molecule has 0 heterocycles. The van der Waals surface area contributed by atoms with E-state index in [1.54, 1.807) is 0 Å². The van der Waals surface area contributed by atoms with E-state index >= 15 is 0 Å². The maximum absolute atomic E-state index is 10.8. The van der Waals surface area contributed by atoms with E-state index in [9.17, 15) is 8.42 Å². The summed E-state index contributed by atoms with van der Waals surface area (Å²) in [5.41, 5.74) is 0. The van der Waals surface area contributed by atoms with Crippen LogP contribution in [0.4, 0.5) is 0 Å². The Hall–Kier alpha value is -0.0900. The van der Waals surface area contributed by atoms with Crippen molar-refractivity contribution in [1.29, 1.82) is 0 Å². The molecule has 0 bridgehead atoms. The Bertz CT molecular complexity index is 233. The van der Waals surface area contributed by atoms with Gasteiger partial charge in [-0.05, 0) is 18.8 Å². The molecule has 2 atom stereocenters. The lowest BCUT2D eigenvalue weighted by Crippen LogP contribution is -2.27. The Balaban J connectivity index is 2.50. The van der Waals surface area contributed by atoms with Gasteiger partial charge in [0.05, 0.1) is 12.4 Å². The minimum Gasteiger partial charge on any atom is -0.267 e. The van der Waals surface area contributed by atoms with Crippen LogP contribution in [0.15, 0.2) is 0 Å². The average Bonchev–Trinajstić information content (AvgIpc) is 1.91. The van der Waals surface area contributed by atoms with Gasteiger partial charge in [-0.2, -0.15) is 8.42 Å². The Morgan fingerprint density at radius 3 is 2.33 bits per heavy atom. The zero-order valence-electron chi connectivity index (χ0n) is 7.62. The summed E-state index contributed by atoms with van der Waals surface area (Å²) in [5, 5.41) is 0. The molecule has 3 nitrogen and oxygen atoms in total. The number of hydrogen-bond acceptors (Lipinski definition) is 3. The van der Waals surface area contributed by atoms with E-state index in [-0.39, 0.29) is 6.10 Å². The molecular formula is C8H16O3S. The first kappa shape index (κ1) is 9.99. The van der Waals surface area contributed by atoms with Crippen LogP contribution in [-0.4, -0.2) is 20.8 Å². The Morgan fingerprint density at radius 1 is 1.25 bits per heavy atom. The minimum atomic E-state index is -3.26. The number of rotatable bonds is 2. The topological polar surface area (TPSA) is 43.4 Å². The third kappa shape index (κ3) is 3.11. The van der Waals surface area contributed by atoms with Gasteiger partial charge in [-0.1, -0.05) is 19.8 Å². The standard InChI is InChI=1S/C8H16O3S/c1-7-5-3-4-6-8(7)11-12(2,9)10/h7-8H,3-6H2,1-2H3/t7-,8+/m1/s1. The van der Waals surface area contributed by atoms with Gasteiger partial charge in [-0.25, -0.2) is 0 Å². The first-order chi connectivity index (χ1) is 5.49. The van der Waals surface area contributed by atoms with E-state index in [2.05, 4.69) is 6.92 Å². The first-order valence-corrected chi connectivity index (χ1v) is 6.19. The van der Waals surface area contributed by atoms with Crippen molar-refractivity contribution < 1.29 is 12.6 Å². The molecule has 1 aliphatic carbocycles. The van der Waals surface area contributed by atoms with Gasteiger partial charge in [0.15, 0.2) is 0 Å². The van der Waals surface area contributed by atoms with Gasteiger partial charge < -0.3 is 0 Å². The van der Waals surface area contributed by atoms with Gasteiger partial charge in [-0.3, -0.25) is 4.18 Å². The maximum atomic E-state index is 10.8. The lowest BCUT2D eigenvalue weighted by Gasteiger charge is -2.27. The van der Waals surface area contributed by atoms with Crippen molar-refractivity contribution in [2.45, 2.75) is 38.7 Å². The van der Waals surface area contributed by atoms with Gasteiger partial charge in [0.25, 0.3) is 10.1 Å². The van der Waals surface area contributed by atoms with Crippen LogP contribution in [-0.2, 0) is 14.3 Å². The molecule has 4 heteroatoms. The van der Waals surface area contributed by atoms with Crippen molar-refractivity contribution in [1.82, 2.24) is 0 Å². The highest BCUT2D eigenvalue weighted by atomic mass is 32.2. The van der Waals surface area contributed by atoms with Crippen LogP contribution in [0.1, 0.15) is 32.6 Å². The molecule has 0 radical (unpaired) electrons. The third-order valence-electron chi connectivity index (χ3n) is 2.33. The fourth-order valence-electron chi connectivity index (χ4n) is 1.65. The fourth-order valence-corrected chi connectivity index (χ4v) is 2.38. The molecule has 0 aromatic carbocycles. The highest BCUT2D eigenvalue weighted by Crippen LogP contribution is 2.27. The molecule has 0 N–H and O–H groups in total. The Morgan fingerprint density at radius 2 is 1.83 bits per heavy atom. The Labute approximate surface area is 74.2 Å². The minimum absolute atomic E-state index is 0.0752. The van der Waals surface area contributed by atoms with Crippen LogP contribution in [0.5, 0.6) is 0 Å². The van der Waals surface area contributed by atoms with Gasteiger partial charge in [0.2, 0.25) is 0 Å². The zero-order valence-corrected chi connectivity index (χ0v) is 8.43. The zero-order chi connectivity index (χ0) is 9.19. The molecule has 12 heavy (non-hydrogen) atoms. The summed E-state index contributed by atoms with van der Waals surface area (Å²) >= 11 is 0. The monoisotopic (exact) mass is 192 g/mol. The van der Waals surface area contributed by atoms with E-state index in [0.29, 0.717) is 5.92 Å². The molecule has 1 rings (SSSR count). The van der Waals surface area contributed by atoms with Crippen LogP contribution in [0, 0.1) is 5.92 Å². The second-order valence-corrected chi connectivity index (χ2v) is 5.20. The van der Waals surface area contributed by atoms with Crippen molar-refractivity contribution in [3.63, 3.8) is 0 Å². The molecule has 0 aliphatic heterocycles. The highest BCUT2D eigenvalue weighted by molar-refractivity contribution is 7.86. The molecular weight excluding hydrogens is 176 g/mol. The molecule has 0 aromatic heterocycles. The smallest absolute Gasteiger partial charge is 0.264 e. The molecule has 0 aromatic rings. The van der Waals surface area contributed by atoms with Gasteiger partial charge in [0, 0.05) is 0 Å². The van der Waals surface area contributed by atoms with Crippen LogP contribution >= 0.6 is 0 Å². The van der Waals surface area contributed by atoms with Crippen molar-refractivity contribution in [2.75, 3.05) is 6.26 Å². The first-order valence-electron chi connectivity index (χ1n) is 4.37. The second-order valence-electron chi connectivity index (χ2n) is 3.60. The summed E-state index contributed by atoms with van der Waals surface area (Å²) in [5.74, 6) is 0.383. The summed E-state index contributed by atoms with van der Waals surface area (Å²) in [4.78, 5) is 0. The summed E-state index contributed by atoms with van der Waals surface area (Å²) < 4.78 is 26.6. The lowest BCUT2D eigenvalue weighted by atomic mass is 9.88. The summed E-state index contributed by atoms with van der Waals surface area (Å²) in [6, 6.07) is 0. The van der Waals surface area contributed by atoms with E-state index in [0.717, 1.165) is 25.5 Å². The molecule has 72 valence electrons. The quantitative estimate of drug-likeness (QED) is 0.623. The van der Waals surface area contributed by atoms with E-state index in [1.807, 2.05) is 0 Å². The summed E-state index contributed by atoms with van der Waals surface area (Å²) in [7, 11) is -3.26. The largest absolute Gasteiger partial charge is 0.267 e. The Kier molecular flexibility index (Phi) is 3.12. The van der Waals surface area contributed by atoms with E-state index in [4.69, 9.17) is 4.18 Å². The van der Waals surface area contributed by atoms with Crippen LogP contribution in [0.3, 0.4) is 0 Å². The predicted molar refractivity (Wildman–Crippen MR) is 47.3 cm³/mol. The molecule has 1 aliphatic rings. The molecule has 1 fully saturated rings. The number of hydrogen-bond donors (Lipinski definition) is 0.